The third-order valence-electron chi connectivity index (χ3n) is 4.48. The summed E-state index contributed by atoms with van der Waals surface area (Å²) in [4.78, 5) is 19.5. The normalized spacial score (nSPS) is 12.0. The largest absolute Gasteiger partial charge is 0.338 e. The Kier molecular flexibility index (Phi) is 5.73. The van der Waals surface area contributed by atoms with E-state index in [1.54, 1.807) is 27.7 Å². The van der Waals surface area contributed by atoms with Gasteiger partial charge in [0.2, 0.25) is 5.91 Å². The summed E-state index contributed by atoms with van der Waals surface area (Å²) in [5, 5.41) is 4.12. The Morgan fingerprint density at radius 1 is 1.19 bits per heavy atom. The molecule has 0 spiro atoms. The molecule has 0 radical (unpaired) electrons. The summed E-state index contributed by atoms with van der Waals surface area (Å²) in [6, 6.07) is 16.2. The van der Waals surface area contributed by atoms with Gasteiger partial charge in [0.05, 0.1) is 17.5 Å². The van der Waals surface area contributed by atoms with Crippen LogP contribution in [0.2, 0.25) is 0 Å². The van der Waals surface area contributed by atoms with Crippen molar-refractivity contribution in [3.63, 3.8) is 0 Å². The van der Waals surface area contributed by atoms with E-state index in [0.29, 0.717) is 5.75 Å². The topological polar surface area (TPSA) is 51.0 Å². The predicted octanol–water partition coefficient (Wildman–Crippen LogP) is 3.89. The summed E-state index contributed by atoms with van der Waals surface area (Å²) >= 11 is 1.59. The van der Waals surface area contributed by atoms with Crippen molar-refractivity contribution in [1.29, 1.82) is 0 Å². The first-order valence-corrected chi connectivity index (χ1v) is 9.44. The van der Waals surface area contributed by atoms with Crippen molar-refractivity contribution in [2.45, 2.75) is 24.8 Å². The molecular formula is C20H22N4OS. The standard InChI is InChI=1S/C20H22N4OS/c1-15-6-4-5-7-19(15)26-12-20(25)23(3)16(2)17-8-10-18(11-9-17)24-14-21-13-22-24/h4-11,13-14,16H,12H2,1-3H3. The van der Waals surface area contributed by atoms with Crippen LogP contribution in [-0.2, 0) is 4.79 Å². The van der Waals surface area contributed by atoms with Gasteiger partial charge in [0, 0.05) is 11.9 Å². The molecule has 134 valence electrons. The van der Waals surface area contributed by atoms with Crippen molar-refractivity contribution in [3.8, 4) is 5.69 Å². The van der Waals surface area contributed by atoms with Crippen molar-refractivity contribution in [2.75, 3.05) is 12.8 Å². The van der Waals surface area contributed by atoms with Crippen LogP contribution in [-0.4, -0.2) is 38.4 Å². The number of aromatic nitrogens is 3. The highest BCUT2D eigenvalue weighted by atomic mass is 32.2. The smallest absolute Gasteiger partial charge is 0.233 e. The van der Waals surface area contributed by atoms with Gasteiger partial charge in [-0.1, -0.05) is 30.3 Å². The van der Waals surface area contributed by atoms with E-state index in [1.165, 1.54) is 11.9 Å². The van der Waals surface area contributed by atoms with E-state index in [4.69, 9.17) is 0 Å². The molecule has 3 aromatic rings. The minimum atomic E-state index is 0.00441. The second-order valence-corrected chi connectivity index (χ2v) is 7.18. The lowest BCUT2D eigenvalue weighted by Gasteiger charge is -2.25. The van der Waals surface area contributed by atoms with Gasteiger partial charge in [-0.3, -0.25) is 4.79 Å². The molecule has 0 aliphatic heterocycles. The molecular weight excluding hydrogens is 344 g/mol. The highest BCUT2D eigenvalue weighted by molar-refractivity contribution is 8.00. The summed E-state index contributed by atoms with van der Waals surface area (Å²) in [6.45, 7) is 4.11. The van der Waals surface area contributed by atoms with Gasteiger partial charge in [0.15, 0.2) is 0 Å². The molecule has 1 unspecified atom stereocenters. The summed E-state index contributed by atoms with van der Waals surface area (Å²) in [6.07, 6.45) is 3.17. The van der Waals surface area contributed by atoms with Gasteiger partial charge in [-0.05, 0) is 43.2 Å². The van der Waals surface area contributed by atoms with Crippen LogP contribution in [0.3, 0.4) is 0 Å². The monoisotopic (exact) mass is 366 g/mol. The highest BCUT2D eigenvalue weighted by Crippen LogP contribution is 2.25. The first-order valence-electron chi connectivity index (χ1n) is 8.45. The van der Waals surface area contributed by atoms with E-state index in [2.05, 4.69) is 29.1 Å². The fourth-order valence-electron chi connectivity index (χ4n) is 2.65. The van der Waals surface area contributed by atoms with Crippen LogP contribution in [0.5, 0.6) is 0 Å². The Bertz CT molecular complexity index is 862. The van der Waals surface area contributed by atoms with Crippen molar-refractivity contribution >= 4 is 17.7 Å². The molecule has 0 N–H and O–H groups in total. The lowest BCUT2D eigenvalue weighted by atomic mass is 10.1. The Labute approximate surface area is 158 Å². The van der Waals surface area contributed by atoms with Gasteiger partial charge < -0.3 is 4.90 Å². The van der Waals surface area contributed by atoms with E-state index >= 15 is 0 Å². The number of benzene rings is 2. The van der Waals surface area contributed by atoms with Gasteiger partial charge >= 0.3 is 0 Å². The van der Waals surface area contributed by atoms with Gasteiger partial charge in [0.25, 0.3) is 0 Å². The number of hydrogen-bond acceptors (Lipinski definition) is 4. The fraction of sp³-hybridized carbons (Fsp3) is 0.250. The molecule has 0 saturated carbocycles. The van der Waals surface area contributed by atoms with E-state index in [1.807, 2.05) is 50.4 Å². The third kappa shape index (κ3) is 4.14. The zero-order valence-electron chi connectivity index (χ0n) is 15.2. The van der Waals surface area contributed by atoms with Crippen LogP contribution in [0.1, 0.15) is 24.1 Å². The maximum atomic E-state index is 12.6. The van der Waals surface area contributed by atoms with Crippen molar-refractivity contribution in [3.05, 3.63) is 72.3 Å². The van der Waals surface area contributed by atoms with Crippen LogP contribution in [0.15, 0.2) is 66.1 Å². The molecule has 6 heteroatoms. The first kappa shape index (κ1) is 18.2. The Morgan fingerprint density at radius 3 is 2.58 bits per heavy atom. The molecule has 1 atom stereocenters. The molecule has 2 aromatic carbocycles. The molecule has 26 heavy (non-hydrogen) atoms. The van der Waals surface area contributed by atoms with Crippen molar-refractivity contribution < 1.29 is 4.79 Å². The Hall–Kier alpha value is -2.60. The number of amides is 1. The zero-order valence-corrected chi connectivity index (χ0v) is 16.0. The van der Waals surface area contributed by atoms with Crippen LogP contribution in [0.4, 0.5) is 0 Å². The molecule has 0 aliphatic carbocycles. The first-order chi connectivity index (χ1) is 12.6. The maximum Gasteiger partial charge on any atom is 0.233 e. The fourth-order valence-corrected chi connectivity index (χ4v) is 3.60. The van der Waals surface area contributed by atoms with Gasteiger partial charge in [-0.25, -0.2) is 9.67 Å². The number of thioether (sulfide) groups is 1. The van der Waals surface area contributed by atoms with Crippen molar-refractivity contribution in [1.82, 2.24) is 19.7 Å². The number of aryl methyl sites for hydroxylation is 1. The average Bonchev–Trinajstić information content (AvgIpc) is 3.21. The summed E-state index contributed by atoms with van der Waals surface area (Å²) < 4.78 is 1.71. The van der Waals surface area contributed by atoms with Crippen LogP contribution in [0.25, 0.3) is 5.69 Å². The number of rotatable bonds is 6. The Balaban J connectivity index is 1.62. The molecule has 1 aromatic heterocycles. The molecule has 0 fully saturated rings. The highest BCUT2D eigenvalue weighted by Gasteiger charge is 2.18. The average molecular weight is 366 g/mol. The molecule has 0 saturated heterocycles. The number of nitrogens with zero attached hydrogens (tertiary/aromatic N) is 4. The van der Waals surface area contributed by atoms with Crippen LogP contribution < -0.4 is 0 Å². The van der Waals surface area contributed by atoms with E-state index in [0.717, 1.165) is 16.1 Å². The molecule has 1 amide bonds. The lowest BCUT2D eigenvalue weighted by molar-refractivity contribution is -0.128. The van der Waals surface area contributed by atoms with Crippen LogP contribution in [0, 0.1) is 6.92 Å². The Morgan fingerprint density at radius 2 is 1.92 bits per heavy atom. The minimum Gasteiger partial charge on any atom is -0.338 e. The summed E-state index contributed by atoms with van der Waals surface area (Å²) in [7, 11) is 1.86. The number of carbonyl (C=O) groups excluding carboxylic acids is 1. The lowest BCUT2D eigenvalue weighted by Crippen LogP contribution is -2.31. The zero-order chi connectivity index (χ0) is 18.5. The van der Waals surface area contributed by atoms with Gasteiger partial charge in [0.1, 0.15) is 12.7 Å². The van der Waals surface area contributed by atoms with E-state index in [9.17, 15) is 4.79 Å². The van der Waals surface area contributed by atoms with E-state index in [-0.39, 0.29) is 11.9 Å². The SMILES string of the molecule is Cc1ccccc1SCC(=O)N(C)C(C)c1ccc(-n2cncn2)cc1. The molecule has 3 rings (SSSR count). The van der Waals surface area contributed by atoms with Gasteiger partial charge in [-0.15, -0.1) is 11.8 Å². The number of hydrogen-bond donors (Lipinski definition) is 0. The molecule has 0 aliphatic rings. The van der Waals surface area contributed by atoms with E-state index < -0.39 is 0 Å². The minimum absolute atomic E-state index is 0.00441. The number of carbonyl (C=O) groups is 1. The molecule has 0 bridgehead atoms. The molecule has 5 nitrogen and oxygen atoms in total. The van der Waals surface area contributed by atoms with Crippen molar-refractivity contribution in [2.24, 2.45) is 0 Å². The quantitative estimate of drug-likeness (QED) is 0.621. The second kappa shape index (κ2) is 8.19. The summed E-state index contributed by atoms with van der Waals surface area (Å²) in [5.41, 5.74) is 3.23. The predicted molar refractivity (Wildman–Crippen MR) is 104 cm³/mol. The van der Waals surface area contributed by atoms with Gasteiger partial charge in [-0.2, -0.15) is 5.10 Å². The molecule has 1 heterocycles. The van der Waals surface area contributed by atoms with Crippen LogP contribution >= 0.6 is 11.8 Å². The third-order valence-corrected chi connectivity index (χ3v) is 5.64. The summed E-state index contributed by atoms with van der Waals surface area (Å²) in [5.74, 6) is 0.550. The maximum absolute atomic E-state index is 12.6. The second-order valence-electron chi connectivity index (χ2n) is 6.17.